The van der Waals surface area contributed by atoms with Crippen LogP contribution in [0.1, 0.15) is 12.0 Å². The lowest BCUT2D eigenvalue weighted by Gasteiger charge is -2.20. The van der Waals surface area contributed by atoms with Gasteiger partial charge in [0.2, 0.25) is 5.91 Å². The fraction of sp³-hybridized carbons (Fsp3) is 0.462. The van der Waals surface area contributed by atoms with Gasteiger partial charge in [-0.05, 0) is 5.56 Å². The van der Waals surface area contributed by atoms with Gasteiger partial charge in [0.05, 0.1) is 13.0 Å². The standard InChI is InChI=1S/C13H17NO3/c15-12(8-11-4-2-1-3-5-11)14-9-13(16)6-7-17-10-13/h1-5,16H,6-10H2,(H,14,15). The average molecular weight is 235 g/mol. The van der Waals surface area contributed by atoms with Crippen LogP contribution >= 0.6 is 0 Å². The van der Waals surface area contributed by atoms with E-state index >= 15 is 0 Å². The Labute approximate surface area is 101 Å². The van der Waals surface area contributed by atoms with Crippen LogP contribution in [0, 0.1) is 0 Å². The summed E-state index contributed by atoms with van der Waals surface area (Å²) in [7, 11) is 0. The predicted octanol–water partition coefficient (Wildman–Crippen LogP) is 0.497. The van der Waals surface area contributed by atoms with E-state index in [4.69, 9.17) is 4.74 Å². The van der Waals surface area contributed by atoms with Crippen molar-refractivity contribution in [3.8, 4) is 0 Å². The molecular formula is C13H17NO3. The summed E-state index contributed by atoms with van der Waals surface area (Å²) in [6.07, 6.45) is 0.927. The molecule has 0 spiro atoms. The van der Waals surface area contributed by atoms with Gasteiger partial charge in [-0.3, -0.25) is 4.79 Å². The minimum atomic E-state index is -0.883. The van der Waals surface area contributed by atoms with Gasteiger partial charge in [0, 0.05) is 19.6 Å². The van der Waals surface area contributed by atoms with Crippen molar-refractivity contribution in [3.63, 3.8) is 0 Å². The molecule has 1 heterocycles. The maximum Gasteiger partial charge on any atom is 0.224 e. The van der Waals surface area contributed by atoms with Crippen molar-refractivity contribution in [1.29, 1.82) is 0 Å². The summed E-state index contributed by atoms with van der Waals surface area (Å²) < 4.78 is 5.11. The maximum atomic E-state index is 11.6. The topological polar surface area (TPSA) is 58.6 Å². The molecule has 1 aliphatic rings. The van der Waals surface area contributed by atoms with Crippen LogP contribution in [-0.4, -0.2) is 36.4 Å². The van der Waals surface area contributed by atoms with E-state index in [0.29, 0.717) is 26.1 Å². The predicted molar refractivity (Wildman–Crippen MR) is 63.5 cm³/mol. The van der Waals surface area contributed by atoms with Crippen LogP contribution in [-0.2, 0) is 16.0 Å². The van der Waals surface area contributed by atoms with Gasteiger partial charge in [-0.2, -0.15) is 0 Å². The van der Waals surface area contributed by atoms with E-state index in [-0.39, 0.29) is 12.5 Å². The van der Waals surface area contributed by atoms with Gasteiger partial charge in [-0.25, -0.2) is 0 Å². The second-order valence-electron chi connectivity index (χ2n) is 4.47. The SMILES string of the molecule is O=C(Cc1ccccc1)NCC1(O)CCOC1. The van der Waals surface area contributed by atoms with Gasteiger partial charge in [0.15, 0.2) is 0 Å². The Morgan fingerprint density at radius 2 is 2.18 bits per heavy atom. The van der Waals surface area contributed by atoms with Crippen LogP contribution in [0.15, 0.2) is 30.3 Å². The van der Waals surface area contributed by atoms with Crippen molar-refractivity contribution in [3.05, 3.63) is 35.9 Å². The number of hydrogen-bond acceptors (Lipinski definition) is 3. The molecule has 4 nitrogen and oxygen atoms in total. The molecular weight excluding hydrogens is 218 g/mol. The Morgan fingerprint density at radius 1 is 1.41 bits per heavy atom. The summed E-state index contributed by atoms with van der Waals surface area (Å²) >= 11 is 0. The van der Waals surface area contributed by atoms with E-state index in [0.717, 1.165) is 5.56 Å². The van der Waals surface area contributed by atoms with E-state index in [2.05, 4.69) is 5.32 Å². The number of carbonyl (C=O) groups is 1. The van der Waals surface area contributed by atoms with Crippen LogP contribution in [0.5, 0.6) is 0 Å². The third-order valence-electron chi connectivity index (χ3n) is 2.90. The highest BCUT2D eigenvalue weighted by molar-refractivity contribution is 5.78. The van der Waals surface area contributed by atoms with Gasteiger partial charge in [0.1, 0.15) is 5.60 Å². The number of rotatable bonds is 4. The largest absolute Gasteiger partial charge is 0.386 e. The van der Waals surface area contributed by atoms with Gasteiger partial charge in [-0.15, -0.1) is 0 Å². The van der Waals surface area contributed by atoms with Crippen molar-refractivity contribution in [2.24, 2.45) is 0 Å². The molecule has 92 valence electrons. The third kappa shape index (κ3) is 3.54. The fourth-order valence-corrected chi connectivity index (χ4v) is 1.84. The summed E-state index contributed by atoms with van der Waals surface area (Å²) in [5, 5.41) is 12.7. The quantitative estimate of drug-likeness (QED) is 0.799. The van der Waals surface area contributed by atoms with Gasteiger partial charge in [0.25, 0.3) is 0 Å². The number of benzene rings is 1. The summed E-state index contributed by atoms with van der Waals surface area (Å²) in [5.74, 6) is -0.0727. The normalized spacial score (nSPS) is 23.6. The number of carbonyl (C=O) groups excluding carboxylic acids is 1. The van der Waals surface area contributed by atoms with Crippen molar-refractivity contribution in [2.75, 3.05) is 19.8 Å². The zero-order valence-electron chi connectivity index (χ0n) is 9.69. The molecule has 0 bridgehead atoms. The first-order valence-corrected chi connectivity index (χ1v) is 5.79. The first kappa shape index (κ1) is 12.1. The molecule has 1 atom stereocenters. The molecule has 4 heteroatoms. The summed E-state index contributed by atoms with van der Waals surface area (Å²) in [6, 6.07) is 9.54. The maximum absolute atomic E-state index is 11.6. The number of amides is 1. The Balaban J connectivity index is 1.78. The fourth-order valence-electron chi connectivity index (χ4n) is 1.84. The average Bonchev–Trinajstić information content (AvgIpc) is 2.76. The minimum absolute atomic E-state index is 0.0727. The molecule has 1 fully saturated rings. The molecule has 1 aromatic rings. The molecule has 0 radical (unpaired) electrons. The zero-order chi connectivity index (χ0) is 12.1. The lowest BCUT2D eigenvalue weighted by molar-refractivity contribution is -0.121. The van der Waals surface area contributed by atoms with Gasteiger partial charge < -0.3 is 15.2 Å². The highest BCUT2D eigenvalue weighted by atomic mass is 16.5. The highest BCUT2D eigenvalue weighted by Gasteiger charge is 2.32. The lowest BCUT2D eigenvalue weighted by Crippen LogP contribution is -2.43. The number of hydrogen-bond donors (Lipinski definition) is 2. The Bertz CT molecular complexity index is 372. The molecule has 1 saturated heterocycles. The van der Waals surface area contributed by atoms with Gasteiger partial charge >= 0.3 is 0 Å². The molecule has 2 rings (SSSR count). The van der Waals surface area contributed by atoms with Crippen LogP contribution in [0.4, 0.5) is 0 Å². The van der Waals surface area contributed by atoms with E-state index in [1.165, 1.54) is 0 Å². The third-order valence-corrected chi connectivity index (χ3v) is 2.90. The van der Waals surface area contributed by atoms with Crippen LogP contribution < -0.4 is 5.32 Å². The van der Waals surface area contributed by atoms with E-state index in [1.54, 1.807) is 0 Å². The monoisotopic (exact) mass is 235 g/mol. The molecule has 1 amide bonds. The smallest absolute Gasteiger partial charge is 0.224 e. The van der Waals surface area contributed by atoms with Crippen molar-refractivity contribution < 1.29 is 14.6 Å². The van der Waals surface area contributed by atoms with E-state index < -0.39 is 5.60 Å². The first-order valence-electron chi connectivity index (χ1n) is 5.79. The van der Waals surface area contributed by atoms with Crippen molar-refractivity contribution in [2.45, 2.75) is 18.4 Å². The van der Waals surface area contributed by atoms with Crippen molar-refractivity contribution in [1.82, 2.24) is 5.32 Å². The minimum Gasteiger partial charge on any atom is -0.386 e. The Morgan fingerprint density at radius 3 is 2.82 bits per heavy atom. The lowest BCUT2D eigenvalue weighted by atomic mass is 10.0. The van der Waals surface area contributed by atoms with Crippen LogP contribution in [0.2, 0.25) is 0 Å². The molecule has 1 unspecified atom stereocenters. The molecule has 17 heavy (non-hydrogen) atoms. The number of ether oxygens (including phenoxy) is 1. The second kappa shape index (κ2) is 5.29. The van der Waals surface area contributed by atoms with Gasteiger partial charge in [-0.1, -0.05) is 30.3 Å². The number of nitrogens with one attached hydrogen (secondary N) is 1. The number of aliphatic hydroxyl groups is 1. The Kier molecular flexibility index (Phi) is 3.76. The molecule has 0 aromatic heterocycles. The van der Waals surface area contributed by atoms with Crippen LogP contribution in [0.25, 0.3) is 0 Å². The van der Waals surface area contributed by atoms with Crippen molar-refractivity contribution >= 4 is 5.91 Å². The summed E-state index contributed by atoms with van der Waals surface area (Å²) in [6.45, 7) is 1.13. The first-order chi connectivity index (χ1) is 8.18. The zero-order valence-corrected chi connectivity index (χ0v) is 9.69. The highest BCUT2D eigenvalue weighted by Crippen LogP contribution is 2.16. The molecule has 0 aliphatic carbocycles. The van der Waals surface area contributed by atoms with E-state index in [1.807, 2.05) is 30.3 Å². The Hall–Kier alpha value is -1.39. The second-order valence-corrected chi connectivity index (χ2v) is 4.47. The molecule has 0 saturated carbocycles. The van der Waals surface area contributed by atoms with Crippen LogP contribution in [0.3, 0.4) is 0 Å². The summed E-state index contributed by atoms with van der Waals surface area (Å²) in [4.78, 5) is 11.6. The summed E-state index contributed by atoms with van der Waals surface area (Å²) in [5.41, 5.74) is 0.0893. The molecule has 2 N–H and O–H groups in total. The molecule has 1 aromatic carbocycles. The molecule has 1 aliphatic heterocycles. The van der Waals surface area contributed by atoms with E-state index in [9.17, 15) is 9.90 Å².